The molecule has 1 aromatic rings. The summed E-state index contributed by atoms with van der Waals surface area (Å²) >= 11 is 0. The second-order valence-corrected chi connectivity index (χ2v) is 6.40. The lowest BCUT2D eigenvalue weighted by Gasteiger charge is -2.31. The average Bonchev–Trinajstić information content (AvgIpc) is 3.09. The summed E-state index contributed by atoms with van der Waals surface area (Å²) in [5.41, 5.74) is 2.44. The molecule has 3 rings (SSSR count). The van der Waals surface area contributed by atoms with E-state index in [1.807, 2.05) is 4.90 Å². The van der Waals surface area contributed by atoms with Gasteiger partial charge in [-0.3, -0.25) is 4.79 Å². The van der Waals surface area contributed by atoms with Gasteiger partial charge in [-0.05, 0) is 31.4 Å². The van der Waals surface area contributed by atoms with Gasteiger partial charge in [-0.2, -0.15) is 0 Å². The Morgan fingerprint density at radius 1 is 1.22 bits per heavy atom. The minimum atomic E-state index is 0. The SMILES string of the molecule is CCCCCCC1Nc2ccccc2N1CN1CCCC1=O.Cl. The summed E-state index contributed by atoms with van der Waals surface area (Å²) in [5.74, 6) is 0.300. The first-order valence-electron chi connectivity index (χ1n) is 8.69. The fourth-order valence-electron chi connectivity index (χ4n) is 3.48. The quantitative estimate of drug-likeness (QED) is 0.757. The molecular formula is C18H28ClN3O. The van der Waals surface area contributed by atoms with Crippen molar-refractivity contribution in [2.45, 2.75) is 58.0 Å². The molecule has 2 aliphatic rings. The highest BCUT2D eigenvalue weighted by molar-refractivity contribution is 5.85. The van der Waals surface area contributed by atoms with Crippen LogP contribution >= 0.6 is 12.4 Å². The van der Waals surface area contributed by atoms with Crippen LogP contribution in [0.4, 0.5) is 11.4 Å². The van der Waals surface area contributed by atoms with Crippen LogP contribution in [0.2, 0.25) is 0 Å². The number of nitrogens with one attached hydrogen (secondary N) is 1. The molecule has 0 aliphatic carbocycles. The van der Waals surface area contributed by atoms with Crippen molar-refractivity contribution in [3.63, 3.8) is 0 Å². The van der Waals surface area contributed by atoms with E-state index >= 15 is 0 Å². The topological polar surface area (TPSA) is 35.6 Å². The number of carbonyl (C=O) groups excluding carboxylic acids is 1. The molecule has 2 heterocycles. The molecule has 0 bridgehead atoms. The molecule has 1 fully saturated rings. The van der Waals surface area contributed by atoms with Gasteiger partial charge in [-0.1, -0.05) is 38.3 Å². The van der Waals surface area contributed by atoms with Gasteiger partial charge in [0, 0.05) is 13.0 Å². The molecule has 0 aromatic heterocycles. The van der Waals surface area contributed by atoms with Crippen LogP contribution in [-0.4, -0.2) is 30.2 Å². The number of hydrogen-bond acceptors (Lipinski definition) is 3. The minimum Gasteiger partial charge on any atom is -0.363 e. The number of para-hydroxylation sites is 2. The number of halogens is 1. The third-order valence-electron chi connectivity index (χ3n) is 4.74. The molecule has 4 nitrogen and oxygen atoms in total. The molecule has 1 aromatic carbocycles. The van der Waals surface area contributed by atoms with Crippen molar-refractivity contribution in [1.82, 2.24) is 4.90 Å². The van der Waals surface area contributed by atoms with E-state index < -0.39 is 0 Å². The van der Waals surface area contributed by atoms with E-state index in [0.29, 0.717) is 18.5 Å². The van der Waals surface area contributed by atoms with E-state index in [1.165, 1.54) is 37.1 Å². The largest absolute Gasteiger partial charge is 0.363 e. The summed E-state index contributed by atoms with van der Waals surface area (Å²) in [4.78, 5) is 16.3. The van der Waals surface area contributed by atoms with E-state index in [0.717, 1.165) is 26.1 Å². The Balaban J connectivity index is 0.00000192. The molecular weight excluding hydrogens is 310 g/mol. The number of rotatable bonds is 7. The maximum atomic E-state index is 12.0. The van der Waals surface area contributed by atoms with Crippen LogP contribution in [0.1, 0.15) is 51.9 Å². The molecule has 23 heavy (non-hydrogen) atoms. The smallest absolute Gasteiger partial charge is 0.224 e. The Hall–Kier alpha value is -1.42. The molecule has 0 radical (unpaired) electrons. The summed E-state index contributed by atoms with van der Waals surface area (Å²) < 4.78 is 0. The lowest BCUT2D eigenvalue weighted by atomic mass is 10.1. The van der Waals surface area contributed by atoms with E-state index in [-0.39, 0.29) is 12.4 Å². The van der Waals surface area contributed by atoms with Gasteiger partial charge in [0.05, 0.1) is 18.0 Å². The molecule has 1 amide bonds. The van der Waals surface area contributed by atoms with Crippen LogP contribution in [0.5, 0.6) is 0 Å². The third-order valence-corrected chi connectivity index (χ3v) is 4.74. The zero-order valence-corrected chi connectivity index (χ0v) is 14.8. The molecule has 1 unspecified atom stereocenters. The second-order valence-electron chi connectivity index (χ2n) is 6.40. The summed E-state index contributed by atoms with van der Waals surface area (Å²) in [6.45, 7) is 3.87. The summed E-state index contributed by atoms with van der Waals surface area (Å²) in [6.07, 6.45) is 8.28. The third kappa shape index (κ3) is 4.11. The molecule has 0 spiro atoms. The van der Waals surface area contributed by atoms with Crippen molar-refractivity contribution < 1.29 is 4.79 Å². The molecule has 5 heteroatoms. The zero-order valence-electron chi connectivity index (χ0n) is 14.0. The molecule has 0 saturated carbocycles. The van der Waals surface area contributed by atoms with Crippen molar-refractivity contribution >= 4 is 29.7 Å². The summed E-state index contributed by atoms with van der Waals surface area (Å²) in [7, 11) is 0. The van der Waals surface area contributed by atoms with Crippen molar-refractivity contribution in [1.29, 1.82) is 0 Å². The zero-order chi connectivity index (χ0) is 15.4. The van der Waals surface area contributed by atoms with Crippen molar-refractivity contribution in [2.24, 2.45) is 0 Å². The highest BCUT2D eigenvalue weighted by atomic mass is 35.5. The van der Waals surface area contributed by atoms with Crippen LogP contribution in [-0.2, 0) is 4.79 Å². The Labute approximate surface area is 145 Å². The number of amides is 1. The summed E-state index contributed by atoms with van der Waals surface area (Å²) in [6, 6.07) is 8.46. The lowest BCUT2D eigenvalue weighted by molar-refractivity contribution is -0.127. The van der Waals surface area contributed by atoms with Crippen molar-refractivity contribution in [3.8, 4) is 0 Å². The number of fused-ring (bicyclic) bond motifs is 1. The van der Waals surface area contributed by atoms with Crippen LogP contribution in [0, 0.1) is 0 Å². The Morgan fingerprint density at radius 3 is 2.78 bits per heavy atom. The van der Waals surface area contributed by atoms with Gasteiger partial charge in [0.15, 0.2) is 0 Å². The predicted octanol–water partition coefficient (Wildman–Crippen LogP) is 4.22. The second kappa shape index (κ2) is 8.44. The van der Waals surface area contributed by atoms with Gasteiger partial charge >= 0.3 is 0 Å². The first-order valence-corrected chi connectivity index (χ1v) is 8.69. The molecule has 1 saturated heterocycles. The van der Waals surface area contributed by atoms with Gasteiger partial charge < -0.3 is 15.1 Å². The Bertz CT molecular complexity index is 523. The maximum Gasteiger partial charge on any atom is 0.224 e. The standard InChI is InChI=1S/C18H27N3O.ClH/c1-2-3-4-5-11-17-19-15-9-6-7-10-16(15)21(17)14-20-13-8-12-18(20)22;/h6-7,9-10,17,19H,2-5,8,11-14H2,1H3;1H. The number of nitrogens with zero attached hydrogens (tertiary/aromatic N) is 2. The number of hydrogen-bond donors (Lipinski definition) is 1. The first kappa shape index (κ1) is 17.9. The molecule has 1 atom stereocenters. The van der Waals surface area contributed by atoms with Crippen LogP contribution < -0.4 is 10.2 Å². The number of benzene rings is 1. The van der Waals surface area contributed by atoms with Gasteiger partial charge in [0.2, 0.25) is 5.91 Å². The highest BCUT2D eigenvalue weighted by Crippen LogP contribution is 2.36. The van der Waals surface area contributed by atoms with Crippen LogP contribution in [0.15, 0.2) is 24.3 Å². The van der Waals surface area contributed by atoms with Crippen LogP contribution in [0.25, 0.3) is 0 Å². The van der Waals surface area contributed by atoms with Gasteiger partial charge in [0.25, 0.3) is 0 Å². The van der Waals surface area contributed by atoms with E-state index in [4.69, 9.17) is 0 Å². The van der Waals surface area contributed by atoms with Crippen molar-refractivity contribution in [3.05, 3.63) is 24.3 Å². The maximum absolute atomic E-state index is 12.0. The van der Waals surface area contributed by atoms with Gasteiger partial charge in [0.1, 0.15) is 6.17 Å². The average molecular weight is 338 g/mol. The number of carbonyl (C=O) groups is 1. The van der Waals surface area contributed by atoms with E-state index in [9.17, 15) is 4.79 Å². The fourth-order valence-corrected chi connectivity index (χ4v) is 3.48. The normalized spacial score (nSPS) is 19.5. The fraction of sp³-hybridized carbons (Fsp3) is 0.611. The molecule has 2 aliphatic heterocycles. The van der Waals surface area contributed by atoms with E-state index in [1.54, 1.807) is 0 Å². The van der Waals surface area contributed by atoms with Crippen LogP contribution in [0.3, 0.4) is 0 Å². The molecule has 128 valence electrons. The number of anilines is 2. The molecule has 1 N–H and O–H groups in total. The Kier molecular flexibility index (Phi) is 6.58. The predicted molar refractivity (Wildman–Crippen MR) is 98.2 cm³/mol. The Morgan fingerprint density at radius 2 is 2.04 bits per heavy atom. The van der Waals surface area contributed by atoms with E-state index in [2.05, 4.69) is 41.4 Å². The number of unbranched alkanes of at least 4 members (excludes halogenated alkanes) is 3. The van der Waals surface area contributed by atoms with Gasteiger partial charge in [-0.25, -0.2) is 0 Å². The summed E-state index contributed by atoms with van der Waals surface area (Å²) in [5, 5.41) is 3.64. The lowest BCUT2D eigenvalue weighted by Crippen LogP contribution is -2.44. The van der Waals surface area contributed by atoms with Gasteiger partial charge in [-0.15, -0.1) is 12.4 Å². The first-order chi connectivity index (χ1) is 10.8. The highest BCUT2D eigenvalue weighted by Gasteiger charge is 2.31. The van der Waals surface area contributed by atoms with Crippen molar-refractivity contribution in [2.75, 3.05) is 23.4 Å². The monoisotopic (exact) mass is 337 g/mol. The minimum absolute atomic E-state index is 0. The number of likely N-dealkylation sites (tertiary alicyclic amines) is 1.